The summed E-state index contributed by atoms with van der Waals surface area (Å²) >= 11 is 0. The van der Waals surface area contributed by atoms with Gasteiger partial charge < -0.3 is 15.4 Å². The van der Waals surface area contributed by atoms with E-state index in [0.29, 0.717) is 11.3 Å². The summed E-state index contributed by atoms with van der Waals surface area (Å²) in [6, 6.07) is 9.53. The number of nitrogens with zero attached hydrogens (tertiary/aromatic N) is 1. The van der Waals surface area contributed by atoms with Gasteiger partial charge in [0.2, 0.25) is 5.91 Å². The third-order valence-corrected chi connectivity index (χ3v) is 4.87. The molecule has 159 valence electrons. The van der Waals surface area contributed by atoms with E-state index < -0.39 is 0 Å². The van der Waals surface area contributed by atoms with Crippen molar-refractivity contribution in [3.8, 4) is 5.75 Å². The topological polar surface area (TPSA) is 63.2 Å². The quantitative estimate of drug-likeness (QED) is 0.698. The predicted molar refractivity (Wildman–Crippen MR) is 113 cm³/mol. The number of benzene rings is 1. The largest absolute Gasteiger partial charge is 0.504 e. The number of ether oxygens (including phenoxy) is 1. The molecule has 1 saturated carbocycles. The van der Waals surface area contributed by atoms with Gasteiger partial charge in [-0.05, 0) is 81.9 Å². The van der Waals surface area contributed by atoms with Crippen molar-refractivity contribution in [1.29, 1.82) is 0 Å². The molecule has 2 N–H and O–H groups in total. The second kappa shape index (κ2) is 10.1. The fourth-order valence-electron chi connectivity index (χ4n) is 3.42. The molecular formula is C23H27FN3O2V-. The van der Waals surface area contributed by atoms with Gasteiger partial charge in [0.25, 0.3) is 0 Å². The molecule has 30 heavy (non-hydrogen) atoms. The molecule has 1 amide bonds. The number of hydrogen-bond donors (Lipinski definition) is 2. The summed E-state index contributed by atoms with van der Waals surface area (Å²) in [7, 11) is 7.18. The minimum Gasteiger partial charge on any atom is -0.504 e. The van der Waals surface area contributed by atoms with Crippen LogP contribution in [0.1, 0.15) is 29.6 Å². The molecule has 5 nitrogen and oxygen atoms in total. The maximum Gasteiger partial charge on any atom is 0.222 e. The number of pyridine rings is 1. The number of amides is 1. The first-order chi connectivity index (χ1) is 13.9. The summed E-state index contributed by atoms with van der Waals surface area (Å²) in [5.41, 5.74) is 2.06. The number of halogens is 1. The number of hydrogen-bond acceptors (Lipinski definition) is 4. The van der Waals surface area contributed by atoms with Crippen LogP contribution in [0.15, 0.2) is 60.4 Å². The molecule has 1 heterocycles. The fourth-order valence-corrected chi connectivity index (χ4v) is 3.42. The van der Waals surface area contributed by atoms with Crippen molar-refractivity contribution in [1.82, 2.24) is 15.6 Å². The van der Waals surface area contributed by atoms with E-state index >= 15 is 0 Å². The molecule has 2 atom stereocenters. The fraction of sp³-hybridized carbons (Fsp3) is 0.261. The van der Waals surface area contributed by atoms with E-state index in [0.717, 1.165) is 23.6 Å². The minimum absolute atomic E-state index is 0. The van der Waals surface area contributed by atoms with Crippen LogP contribution < -0.4 is 15.4 Å². The maximum absolute atomic E-state index is 13.0. The van der Waals surface area contributed by atoms with Crippen LogP contribution in [0, 0.1) is 25.7 Å². The normalized spacial score (nSPS) is 20.6. The van der Waals surface area contributed by atoms with Gasteiger partial charge in [0.05, 0.1) is 5.69 Å². The van der Waals surface area contributed by atoms with Crippen LogP contribution in [0.3, 0.4) is 0 Å². The van der Waals surface area contributed by atoms with Gasteiger partial charge in [0, 0.05) is 36.7 Å². The SMILES string of the molecule is CNC.[CH2-]NC(=O)c1cc(C)nc(C23C=CC(Oc4ccc(F)cc4)=CC2C3)c1.[HH].[V]. The summed E-state index contributed by atoms with van der Waals surface area (Å²) in [6.07, 6.45) is 6.98. The molecule has 2 unspecified atom stereocenters. The summed E-state index contributed by atoms with van der Waals surface area (Å²) < 4.78 is 18.8. The van der Waals surface area contributed by atoms with Crippen LogP contribution in [0.25, 0.3) is 0 Å². The Morgan fingerprint density at radius 3 is 2.57 bits per heavy atom. The molecular weight excluding hydrogens is 420 g/mol. The van der Waals surface area contributed by atoms with Gasteiger partial charge in [-0.1, -0.05) is 6.08 Å². The van der Waals surface area contributed by atoms with Gasteiger partial charge in [0.15, 0.2) is 0 Å². The Morgan fingerprint density at radius 1 is 1.30 bits per heavy atom. The molecule has 0 saturated heterocycles. The first-order valence-electron chi connectivity index (χ1n) is 9.41. The van der Waals surface area contributed by atoms with Gasteiger partial charge in [-0.25, -0.2) is 4.39 Å². The van der Waals surface area contributed by atoms with E-state index in [1.807, 2.05) is 33.2 Å². The van der Waals surface area contributed by atoms with Crippen molar-refractivity contribution in [2.75, 3.05) is 14.1 Å². The van der Waals surface area contributed by atoms with Crippen LogP contribution in [0.4, 0.5) is 4.39 Å². The molecule has 7 heteroatoms. The van der Waals surface area contributed by atoms with Crippen LogP contribution in [0.5, 0.6) is 5.75 Å². The Morgan fingerprint density at radius 2 is 1.97 bits per heavy atom. The molecule has 1 aromatic heterocycles. The van der Waals surface area contributed by atoms with Gasteiger partial charge >= 0.3 is 0 Å². The van der Waals surface area contributed by atoms with E-state index in [-0.39, 0.29) is 43.0 Å². The average Bonchev–Trinajstić information content (AvgIpc) is 3.44. The molecule has 1 aromatic carbocycles. The van der Waals surface area contributed by atoms with Crippen molar-refractivity contribution < 1.29 is 33.9 Å². The zero-order valence-corrected chi connectivity index (χ0v) is 18.7. The third kappa shape index (κ3) is 5.19. The number of allylic oxidation sites excluding steroid dienone is 3. The number of aromatic nitrogens is 1. The van der Waals surface area contributed by atoms with Gasteiger partial charge in [0.1, 0.15) is 17.3 Å². The minimum atomic E-state index is -0.292. The molecule has 0 aliphatic heterocycles. The molecule has 2 aromatic rings. The summed E-state index contributed by atoms with van der Waals surface area (Å²) in [5.74, 6) is 1.09. The number of nitrogens with one attached hydrogen (secondary N) is 2. The van der Waals surface area contributed by atoms with Crippen molar-refractivity contribution in [3.05, 3.63) is 90.2 Å². The smallest absolute Gasteiger partial charge is 0.222 e. The Bertz CT molecular complexity index is 966. The maximum atomic E-state index is 13.0. The first-order valence-corrected chi connectivity index (χ1v) is 9.41. The second-order valence-electron chi connectivity index (χ2n) is 7.20. The Hall–Kier alpha value is -2.41. The number of fused-ring (bicyclic) bond motifs is 1. The van der Waals surface area contributed by atoms with Crippen LogP contribution in [-0.2, 0) is 24.0 Å². The van der Waals surface area contributed by atoms with E-state index in [4.69, 9.17) is 4.74 Å². The van der Waals surface area contributed by atoms with Crippen LogP contribution in [0.2, 0.25) is 0 Å². The molecule has 2 aliphatic rings. The van der Waals surface area contributed by atoms with Crippen molar-refractivity contribution in [2.45, 2.75) is 18.8 Å². The summed E-state index contributed by atoms with van der Waals surface area (Å²) in [4.78, 5) is 16.6. The monoisotopic (exact) mass is 447 g/mol. The van der Waals surface area contributed by atoms with E-state index in [1.165, 1.54) is 12.1 Å². The summed E-state index contributed by atoms with van der Waals surface area (Å²) in [5, 5.41) is 5.16. The van der Waals surface area contributed by atoms with Crippen molar-refractivity contribution >= 4 is 5.91 Å². The van der Waals surface area contributed by atoms with E-state index in [9.17, 15) is 9.18 Å². The zero-order chi connectivity index (χ0) is 21.0. The summed E-state index contributed by atoms with van der Waals surface area (Å²) in [6.45, 7) is 1.88. The predicted octanol–water partition coefficient (Wildman–Crippen LogP) is 3.92. The average molecular weight is 447 g/mol. The van der Waals surface area contributed by atoms with Crippen LogP contribution in [-0.4, -0.2) is 25.0 Å². The van der Waals surface area contributed by atoms with Crippen molar-refractivity contribution in [2.24, 2.45) is 5.92 Å². The standard InChI is InChI=1S/C21H18FN2O2.C2H7N.V.H2/c1-13-9-14(20(25)23-2)10-19(24-13)21-8-7-18(11-15(21)12-21)26-17-5-3-16(22)4-6-17;1-3-2;;/h3-11,15H,2,12H2,1H3,(H,23,25);3H,1-2H3;;1H/q-1;;;. The second-order valence-corrected chi connectivity index (χ2v) is 7.20. The number of carbonyl (C=O) groups excluding carboxylic acids is 1. The number of carbonyl (C=O) groups is 1. The molecule has 0 bridgehead atoms. The van der Waals surface area contributed by atoms with Gasteiger partial charge in [-0.15, -0.1) is 0 Å². The Balaban J connectivity index is 0.000000910. The number of aryl methyl sites for hydroxylation is 1. The van der Waals surface area contributed by atoms with Gasteiger partial charge in [-0.2, -0.15) is 0 Å². The van der Waals surface area contributed by atoms with E-state index in [1.54, 1.807) is 18.2 Å². The molecule has 0 spiro atoms. The van der Waals surface area contributed by atoms with Crippen LogP contribution >= 0.6 is 0 Å². The first kappa shape index (κ1) is 23.9. The van der Waals surface area contributed by atoms with Crippen molar-refractivity contribution in [3.63, 3.8) is 0 Å². The molecule has 1 fully saturated rings. The molecule has 4 rings (SSSR count). The Kier molecular flexibility index (Phi) is 8.01. The number of rotatable bonds is 4. The van der Waals surface area contributed by atoms with Gasteiger partial charge in [-0.3, -0.25) is 16.8 Å². The molecule has 2 aliphatic carbocycles. The zero-order valence-electron chi connectivity index (χ0n) is 17.3. The Labute approximate surface area is 190 Å². The van der Waals surface area contributed by atoms with E-state index in [2.05, 4.69) is 34.8 Å². The molecule has 1 radical (unpaired) electrons. The third-order valence-electron chi connectivity index (χ3n) is 4.87.